The van der Waals surface area contributed by atoms with Gasteiger partial charge in [0.25, 0.3) is 0 Å². The average molecular weight is 324 g/mol. The maximum atomic E-state index is 11.3. The van der Waals surface area contributed by atoms with Crippen molar-refractivity contribution in [1.82, 2.24) is 9.78 Å². The van der Waals surface area contributed by atoms with Crippen molar-refractivity contribution in [3.63, 3.8) is 0 Å². The summed E-state index contributed by atoms with van der Waals surface area (Å²) in [6.07, 6.45) is 3.92. The normalized spacial score (nSPS) is 18.3. The van der Waals surface area contributed by atoms with E-state index in [1.54, 1.807) is 0 Å². The van der Waals surface area contributed by atoms with E-state index < -0.39 is 4.92 Å². The number of aromatic hydroxyl groups is 1. The van der Waals surface area contributed by atoms with E-state index in [4.69, 9.17) is 16.3 Å². The zero-order valence-corrected chi connectivity index (χ0v) is 12.4. The van der Waals surface area contributed by atoms with Crippen LogP contribution in [0, 0.1) is 10.1 Å². The molecule has 0 amide bonds. The third-order valence-electron chi connectivity index (χ3n) is 3.58. The number of rotatable bonds is 3. The molecule has 1 aliphatic rings. The Labute approximate surface area is 131 Å². The Morgan fingerprint density at radius 3 is 2.91 bits per heavy atom. The fourth-order valence-corrected chi connectivity index (χ4v) is 2.68. The summed E-state index contributed by atoms with van der Waals surface area (Å²) in [5, 5.41) is 25.6. The topological polar surface area (TPSA) is 90.4 Å². The molecule has 0 unspecified atom stereocenters. The lowest BCUT2D eigenvalue weighted by Crippen LogP contribution is -2.18. The largest absolute Gasteiger partial charge is 0.507 e. The minimum atomic E-state index is -0.574. The molecule has 8 heteroatoms. The second-order valence-corrected chi connectivity index (χ2v) is 5.52. The molecule has 7 nitrogen and oxygen atoms in total. The summed E-state index contributed by atoms with van der Waals surface area (Å²) in [5.41, 5.74) is 0.500. The first-order valence-electron chi connectivity index (χ1n) is 6.90. The molecule has 0 radical (unpaired) electrons. The molecule has 1 N–H and O–H groups in total. The third kappa shape index (κ3) is 2.77. The smallest absolute Gasteiger partial charge is 0.398 e. The molecule has 1 aliphatic heterocycles. The van der Waals surface area contributed by atoms with Crippen LogP contribution in [0.4, 0.5) is 5.82 Å². The molecule has 1 aromatic carbocycles. The molecule has 1 atom stereocenters. The fourth-order valence-electron chi connectivity index (χ4n) is 2.51. The van der Waals surface area contributed by atoms with E-state index in [0.29, 0.717) is 11.6 Å². The van der Waals surface area contributed by atoms with E-state index in [1.165, 1.54) is 29.1 Å². The zero-order chi connectivity index (χ0) is 15.7. The highest BCUT2D eigenvalue weighted by Crippen LogP contribution is 2.38. The average Bonchev–Trinajstić information content (AvgIpc) is 2.96. The molecule has 2 aromatic rings. The molecular formula is C14H14ClN3O4. The second kappa shape index (κ2) is 5.94. The highest BCUT2D eigenvalue weighted by atomic mass is 35.5. The maximum absolute atomic E-state index is 11.3. The van der Waals surface area contributed by atoms with Crippen LogP contribution in [0.1, 0.15) is 25.5 Å². The van der Waals surface area contributed by atoms with Gasteiger partial charge in [-0.15, -0.1) is 0 Å². The van der Waals surface area contributed by atoms with Crippen LogP contribution >= 0.6 is 11.6 Å². The SMILES string of the molecule is O=[N+]([O-])c1nn([C@H]2CCCCO2)cc1-c1cc(Cl)ccc1O. The summed E-state index contributed by atoms with van der Waals surface area (Å²) in [6, 6.07) is 4.39. The standard InChI is InChI=1S/C14H14ClN3O4/c15-9-4-5-12(19)10(7-9)11-8-17(16-14(11)18(20)21)13-3-1-2-6-22-13/h4-5,7-8,13,19H,1-3,6H2/t13-/m1/s1. The van der Waals surface area contributed by atoms with E-state index in [9.17, 15) is 15.2 Å². The minimum absolute atomic E-state index is 0.0865. The van der Waals surface area contributed by atoms with Gasteiger partial charge in [0.1, 0.15) is 11.3 Å². The molecule has 116 valence electrons. The van der Waals surface area contributed by atoms with Crippen molar-refractivity contribution in [3.8, 4) is 16.9 Å². The molecule has 22 heavy (non-hydrogen) atoms. The molecule has 1 saturated heterocycles. The number of hydrogen-bond donors (Lipinski definition) is 1. The van der Waals surface area contributed by atoms with Gasteiger partial charge < -0.3 is 20.0 Å². The summed E-state index contributed by atoms with van der Waals surface area (Å²) in [4.78, 5) is 10.7. The van der Waals surface area contributed by atoms with E-state index in [1.807, 2.05) is 0 Å². The van der Waals surface area contributed by atoms with Crippen molar-refractivity contribution in [2.45, 2.75) is 25.5 Å². The van der Waals surface area contributed by atoms with Crippen molar-refractivity contribution in [1.29, 1.82) is 0 Å². The number of halogens is 1. The second-order valence-electron chi connectivity index (χ2n) is 5.09. The lowest BCUT2D eigenvalue weighted by atomic mass is 10.1. The van der Waals surface area contributed by atoms with E-state index in [2.05, 4.69) is 5.10 Å². The first kappa shape index (κ1) is 14.8. The lowest BCUT2D eigenvalue weighted by molar-refractivity contribution is -0.389. The summed E-state index contributed by atoms with van der Waals surface area (Å²) < 4.78 is 7.04. The molecule has 1 fully saturated rings. The van der Waals surface area contributed by atoms with E-state index in [0.717, 1.165) is 19.3 Å². The van der Waals surface area contributed by atoms with Crippen molar-refractivity contribution in [2.75, 3.05) is 6.61 Å². The minimum Gasteiger partial charge on any atom is -0.507 e. The van der Waals surface area contributed by atoms with Gasteiger partial charge >= 0.3 is 5.82 Å². The van der Waals surface area contributed by atoms with Crippen LogP contribution < -0.4 is 0 Å². The van der Waals surface area contributed by atoms with Crippen LogP contribution in [-0.4, -0.2) is 26.4 Å². The molecule has 0 bridgehead atoms. The predicted octanol–water partition coefficient (Wildman–Crippen LogP) is 3.52. The van der Waals surface area contributed by atoms with Crippen LogP contribution in [0.3, 0.4) is 0 Å². The van der Waals surface area contributed by atoms with Crippen LogP contribution in [0.2, 0.25) is 5.02 Å². The number of nitrogens with zero attached hydrogens (tertiary/aromatic N) is 3. The number of hydrogen-bond acceptors (Lipinski definition) is 5. The summed E-state index contributed by atoms with van der Waals surface area (Å²) in [7, 11) is 0. The Hall–Kier alpha value is -2.12. The Morgan fingerprint density at radius 2 is 2.23 bits per heavy atom. The molecule has 1 aromatic heterocycles. The number of phenols is 1. The van der Waals surface area contributed by atoms with Gasteiger partial charge in [0.2, 0.25) is 0 Å². The van der Waals surface area contributed by atoms with Gasteiger partial charge in [-0.1, -0.05) is 11.6 Å². The van der Waals surface area contributed by atoms with Crippen molar-refractivity contribution < 1.29 is 14.8 Å². The van der Waals surface area contributed by atoms with Gasteiger partial charge in [-0.2, -0.15) is 4.68 Å². The number of ether oxygens (including phenoxy) is 1. The van der Waals surface area contributed by atoms with Gasteiger partial charge in [0, 0.05) is 17.2 Å². The fraction of sp³-hybridized carbons (Fsp3) is 0.357. The van der Waals surface area contributed by atoms with Crippen molar-refractivity contribution in [2.24, 2.45) is 0 Å². The highest BCUT2D eigenvalue weighted by Gasteiger charge is 2.28. The van der Waals surface area contributed by atoms with Crippen LogP contribution in [0.5, 0.6) is 5.75 Å². The Morgan fingerprint density at radius 1 is 1.41 bits per heavy atom. The van der Waals surface area contributed by atoms with Crippen molar-refractivity contribution >= 4 is 17.4 Å². The van der Waals surface area contributed by atoms with Gasteiger partial charge in [0.15, 0.2) is 6.23 Å². The summed E-state index contributed by atoms with van der Waals surface area (Å²) in [5.74, 6) is -0.414. The van der Waals surface area contributed by atoms with E-state index in [-0.39, 0.29) is 28.9 Å². The molecular weight excluding hydrogens is 310 g/mol. The number of phenolic OH excluding ortho intramolecular Hbond substituents is 1. The van der Waals surface area contributed by atoms with Crippen molar-refractivity contribution in [3.05, 3.63) is 39.5 Å². The first-order chi connectivity index (χ1) is 10.6. The number of nitro groups is 1. The van der Waals surface area contributed by atoms with Crippen LogP contribution in [0.15, 0.2) is 24.4 Å². The van der Waals surface area contributed by atoms with E-state index >= 15 is 0 Å². The number of aromatic nitrogens is 2. The molecule has 3 rings (SSSR count). The highest BCUT2D eigenvalue weighted by molar-refractivity contribution is 6.31. The van der Waals surface area contributed by atoms with Crippen LogP contribution in [0.25, 0.3) is 11.1 Å². The lowest BCUT2D eigenvalue weighted by Gasteiger charge is -2.20. The third-order valence-corrected chi connectivity index (χ3v) is 3.82. The quantitative estimate of drug-likeness (QED) is 0.689. The van der Waals surface area contributed by atoms with Crippen LogP contribution in [-0.2, 0) is 4.74 Å². The Kier molecular flexibility index (Phi) is 4.00. The summed E-state index contributed by atoms with van der Waals surface area (Å²) >= 11 is 5.92. The molecule has 0 saturated carbocycles. The van der Waals surface area contributed by atoms with Gasteiger partial charge in [-0.25, -0.2) is 0 Å². The van der Waals surface area contributed by atoms with Gasteiger partial charge in [-0.05, 0) is 42.4 Å². The molecule has 2 heterocycles. The maximum Gasteiger partial charge on any atom is 0.398 e. The van der Waals surface area contributed by atoms with Gasteiger partial charge in [-0.3, -0.25) is 0 Å². The first-order valence-corrected chi connectivity index (χ1v) is 7.28. The molecule has 0 spiro atoms. The Bertz CT molecular complexity index is 710. The predicted molar refractivity (Wildman–Crippen MR) is 79.8 cm³/mol. The zero-order valence-electron chi connectivity index (χ0n) is 11.6. The Balaban J connectivity index is 2.07. The molecule has 0 aliphatic carbocycles. The monoisotopic (exact) mass is 323 g/mol. The number of benzene rings is 1. The van der Waals surface area contributed by atoms with Gasteiger partial charge in [0.05, 0.1) is 11.3 Å². The summed E-state index contributed by atoms with van der Waals surface area (Å²) in [6.45, 7) is 0.607.